The van der Waals surface area contributed by atoms with Gasteiger partial charge < -0.3 is 15.3 Å². The highest BCUT2D eigenvalue weighted by molar-refractivity contribution is 8.00. The molecule has 2 saturated heterocycles. The minimum Gasteiger partial charge on any atom is -0.481 e. The molecule has 0 aliphatic carbocycles. The fourth-order valence-electron chi connectivity index (χ4n) is 2.71. The molecule has 0 spiro atoms. The van der Waals surface area contributed by atoms with E-state index in [-0.39, 0.29) is 5.91 Å². The van der Waals surface area contributed by atoms with Crippen molar-refractivity contribution in [2.45, 2.75) is 37.9 Å². The lowest BCUT2D eigenvalue weighted by atomic mass is 9.80. The van der Waals surface area contributed by atoms with Crippen LogP contribution in [0, 0.1) is 5.41 Å². The average Bonchev–Trinajstić information content (AvgIpc) is 2.46. The summed E-state index contributed by atoms with van der Waals surface area (Å²) in [5.41, 5.74) is -0.654. The van der Waals surface area contributed by atoms with E-state index in [9.17, 15) is 14.7 Å². The molecule has 114 valence electrons. The fraction of sp³-hybridized carbons (Fsp3) is 0.857. The third-order valence-electron chi connectivity index (χ3n) is 4.46. The molecule has 2 N–H and O–H groups in total. The van der Waals surface area contributed by atoms with Crippen LogP contribution < -0.4 is 5.32 Å². The van der Waals surface area contributed by atoms with E-state index >= 15 is 0 Å². The van der Waals surface area contributed by atoms with Crippen molar-refractivity contribution in [3.8, 4) is 0 Å². The van der Waals surface area contributed by atoms with Crippen molar-refractivity contribution in [1.29, 1.82) is 0 Å². The molecule has 2 aliphatic heterocycles. The Morgan fingerprint density at radius 1 is 1.30 bits per heavy atom. The number of likely N-dealkylation sites (tertiary alicyclic amines) is 1. The highest BCUT2D eigenvalue weighted by atomic mass is 32.2. The summed E-state index contributed by atoms with van der Waals surface area (Å²) in [5, 5.41) is 13.1. The van der Waals surface area contributed by atoms with Crippen LogP contribution in [0.4, 0.5) is 0 Å². The van der Waals surface area contributed by atoms with Gasteiger partial charge in [0.15, 0.2) is 0 Å². The summed E-state index contributed by atoms with van der Waals surface area (Å²) in [4.78, 5) is 25.2. The van der Waals surface area contributed by atoms with Crippen LogP contribution in [0.1, 0.15) is 32.6 Å². The molecule has 20 heavy (non-hydrogen) atoms. The van der Waals surface area contributed by atoms with Crippen LogP contribution in [-0.2, 0) is 9.59 Å². The number of hydrogen-bond donors (Lipinski definition) is 2. The average molecular weight is 300 g/mol. The molecule has 1 amide bonds. The van der Waals surface area contributed by atoms with Crippen molar-refractivity contribution in [2.75, 3.05) is 31.9 Å². The summed E-state index contributed by atoms with van der Waals surface area (Å²) in [5.74, 6) is -0.0382. The Balaban J connectivity index is 1.73. The summed E-state index contributed by atoms with van der Waals surface area (Å²) < 4.78 is 0. The van der Waals surface area contributed by atoms with Gasteiger partial charge in [0.25, 0.3) is 0 Å². The third-order valence-corrected chi connectivity index (χ3v) is 5.82. The Morgan fingerprint density at radius 2 is 1.90 bits per heavy atom. The van der Waals surface area contributed by atoms with Gasteiger partial charge in [-0.15, -0.1) is 11.8 Å². The van der Waals surface area contributed by atoms with E-state index in [0.29, 0.717) is 36.9 Å². The quantitative estimate of drug-likeness (QED) is 0.816. The SMILES string of the molecule is CC1(C(=O)O)CCN(C(=O)CSC2CCNCC2)CC1. The predicted molar refractivity (Wildman–Crippen MR) is 79.9 cm³/mol. The molecule has 2 aliphatic rings. The zero-order valence-electron chi connectivity index (χ0n) is 12.1. The number of piperidine rings is 2. The van der Waals surface area contributed by atoms with Crippen LogP contribution >= 0.6 is 11.8 Å². The van der Waals surface area contributed by atoms with Crippen LogP contribution in [0.2, 0.25) is 0 Å². The van der Waals surface area contributed by atoms with E-state index < -0.39 is 11.4 Å². The molecule has 0 unspecified atom stereocenters. The third kappa shape index (κ3) is 3.88. The van der Waals surface area contributed by atoms with Crippen LogP contribution in [-0.4, -0.2) is 59.1 Å². The van der Waals surface area contributed by atoms with Crippen molar-refractivity contribution in [1.82, 2.24) is 10.2 Å². The second kappa shape index (κ2) is 6.80. The van der Waals surface area contributed by atoms with Gasteiger partial charge in [-0.05, 0) is 45.7 Å². The number of carboxylic acid groups (broad SMARTS) is 1. The molecule has 0 saturated carbocycles. The zero-order valence-corrected chi connectivity index (χ0v) is 12.9. The molecule has 0 bridgehead atoms. The summed E-state index contributed by atoms with van der Waals surface area (Å²) in [6, 6.07) is 0. The topological polar surface area (TPSA) is 69.6 Å². The number of carbonyl (C=O) groups excluding carboxylic acids is 1. The number of nitrogens with one attached hydrogen (secondary N) is 1. The van der Waals surface area contributed by atoms with Crippen LogP contribution in [0.3, 0.4) is 0 Å². The first-order chi connectivity index (χ1) is 9.51. The second-order valence-electron chi connectivity index (χ2n) is 6.01. The highest BCUT2D eigenvalue weighted by Crippen LogP contribution is 2.31. The molecule has 0 aromatic rings. The fourth-order valence-corrected chi connectivity index (χ4v) is 3.84. The Hall–Kier alpha value is -0.750. The Labute approximate surface area is 124 Å². The van der Waals surface area contributed by atoms with E-state index in [1.807, 2.05) is 4.90 Å². The van der Waals surface area contributed by atoms with E-state index in [0.717, 1.165) is 25.9 Å². The number of aliphatic carboxylic acids is 1. The molecule has 2 fully saturated rings. The lowest BCUT2D eigenvalue weighted by Crippen LogP contribution is -2.46. The van der Waals surface area contributed by atoms with Gasteiger partial charge in [0.05, 0.1) is 11.2 Å². The van der Waals surface area contributed by atoms with E-state index in [1.165, 1.54) is 0 Å². The van der Waals surface area contributed by atoms with Crippen molar-refractivity contribution >= 4 is 23.6 Å². The van der Waals surface area contributed by atoms with Crippen molar-refractivity contribution in [3.63, 3.8) is 0 Å². The number of nitrogens with zero attached hydrogens (tertiary/aromatic N) is 1. The largest absolute Gasteiger partial charge is 0.481 e. The number of thioether (sulfide) groups is 1. The normalized spacial score (nSPS) is 23.6. The number of hydrogen-bond acceptors (Lipinski definition) is 4. The van der Waals surface area contributed by atoms with Crippen molar-refractivity contribution in [3.05, 3.63) is 0 Å². The maximum absolute atomic E-state index is 12.2. The lowest BCUT2D eigenvalue weighted by molar-refractivity contribution is -0.152. The molecule has 0 radical (unpaired) electrons. The Morgan fingerprint density at radius 3 is 2.45 bits per heavy atom. The summed E-state index contributed by atoms with van der Waals surface area (Å²) in [6.45, 7) is 5.03. The molecular weight excluding hydrogens is 276 g/mol. The van der Waals surface area contributed by atoms with Crippen LogP contribution in [0.25, 0.3) is 0 Å². The standard InChI is InChI=1S/C14H24N2O3S/c1-14(13(18)19)4-8-16(9-5-14)12(17)10-20-11-2-6-15-7-3-11/h11,15H,2-10H2,1H3,(H,18,19). The van der Waals surface area contributed by atoms with Gasteiger partial charge in [0, 0.05) is 18.3 Å². The predicted octanol–water partition coefficient (Wildman–Crippen LogP) is 1.18. The molecule has 0 aromatic carbocycles. The second-order valence-corrected chi connectivity index (χ2v) is 7.30. The first-order valence-electron chi connectivity index (χ1n) is 7.35. The lowest BCUT2D eigenvalue weighted by Gasteiger charge is -2.36. The molecule has 5 nitrogen and oxygen atoms in total. The smallest absolute Gasteiger partial charge is 0.309 e. The molecular formula is C14H24N2O3S. The maximum Gasteiger partial charge on any atom is 0.309 e. The van der Waals surface area contributed by atoms with Gasteiger partial charge in [0.1, 0.15) is 0 Å². The van der Waals surface area contributed by atoms with Gasteiger partial charge in [-0.25, -0.2) is 0 Å². The van der Waals surface area contributed by atoms with Gasteiger partial charge in [-0.1, -0.05) is 0 Å². The number of carbonyl (C=O) groups is 2. The minimum absolute atomic E-state index is 0.168. The maximum atomic E-state index is 12.2. The van der Waals surface area contributed by atoms with Crippen LogP contribution in [0.5, 0.6) is 0 Å². The molecule has 6 heteroatoms. The summed E-state index contributed by atoms with van der Waals surface area (Å²) >= 11 is 1.76. The van der Waals surface area contributed by atoms with E-state index in [1.54, 1.807) is 18.7 Å². The molecule has 2 heterocycles. The zero-order chi connectivity index (χ0) is 14.6. The van der Waals surface area contributed by atoms with Crippen LogP contribution in [0.15, 0.2) is 0 Å². The first-order valence-corrected chi connectivity index (χ1v) is 8.40. The summed E-state index contributed by atoms with van der Waals surface area (Å²) in [6.07, 6.45) is 3.39. The van der Waals surface area contributed by atoms with E-state index in [2.05, 4.69) is 5.32 Å². The first kappa shape index (κ1) is 15.6. The number of rotatable bonds is 4. The Kier molecular flexibility index (Phi) is 5.32. The molecule has 0 aromatic heterocycles. The monoisotopic (exact) mass is 300 g/mol. The van der Waals surface area contributed by atoms with Gasteiger partial charge >= 0.3 is 5.97 Å². The van der Waals surface area contributed by atoms with Crippen molar-refractivity contribution < 1.29 is 14.7 Å². The number of amides is 1. The molecule has 2 rings (SSSR count). The minimum atomic E-state index is -0.742. The number of carboxylic acids is 1. The highest BCUT2D eigenvalue weighted by Gasteiger charge is 2.37. The van der Waals surface area contributed by atoms with Gasteiger partial charge in [-0.3, -0.25) is 9.59 Å². The summed E-state index contributed by atoms with van der Waals surface area (Å²) in [7, 11) is 0. The van der Waals surface area contributed by atoms with Gasteiger partial charge in [0.2, 0.25) is 5.91 Å². The molecule has 0 atom stereocenters. The van der Waals surface area contributed by atoms with Gasteiger partial charge in [-0.2, -0.15) is 0 Å². The Bertz CT molecular complexity index is 361. The van der Waals surface area contributed by atoms with E-state index in [4.69, 9.17) is 0 Å². The van der Waals surface area contributed by atoms with Crippen molar-refractivity contribution in [2.24, 2.45) is 5.41 Å².